The molecule has 0 spiro atoms. The lowest BCUT2D eigenvalue weighted by atomic mass is 9.89. The highest BCUT2D eigenvalue weighted by Crippen LogP contribution is 2.40. The molecule has 1 saturated carbocycles. The summed E-state index contributed by atoms with van der Waals surface area (Å²) in [6.45, 7) is 5.69. The average Bonchev–Trinajstić information content (AvgIpc) is 3.56. The number of halogens is 1. The summed E-state index contributed by atoms with van der Waals surface area (Å²) >= 11 is 0. The molecule has 1 fully saturated rings. The predicted molar refractivity (Wildman–Crippen MR) is 119 cm³/mol. The van der Waals surface area contributed by atoms with Crippen LogP contribution in [0.3, 0.4) is 0 Å². The summed E-state index contributed by atoms with van der Waals surface area (Å²) in [6, 6.07) is 9.49. The number of hydrogen-bond acceptors (Lipinski definition) is 4. The van der Waals surface area contributed by atoms with E-state index < -0.39 is 5.95 Å². The largest absolute Gasteiger partial charge is 0.343 e. The van der Waals surface area contributed by atoms with Crippen LogP contribution < -0.4 is 0 Å². The van der Waals surface area contributed by atoms with Gasteiger partial charge in [0.1, 0.15) is 12.2 Å². The van der Waals surface area contributed by atoms with Crippen LogP contribution in [0, 0.1) is 5.95 Å². The van der Waals surface area contributed by atoms with Crippen molar-refractivity contribution in [1.29, 1.82) is 0 Å². The third kappa shape index (κ3) is 3.19. The zero-order valence-corrected chi connectivity index (χ0v) is 17.1. The highest BCUT2D eigenvalue weighted by molar-refractivity contribution is 6.02. The number of aromatic nitrogens is 3. The molecule has 154 valence electrons. The van der Waals surface area contributed by atoms with E-state index in [4.69, 9.17) is 4.99 Å². The van der Waals surface area contributed by atoms with Crippen molar-refractivity contribution in [3.63, 3.8) is 0 Å². The molecule has 31 heavy (non-hydrogen) atoms. The lowest BCUT2D eigenvalue weighted by Gasteiger charge is -2.34. The fourth-order valence-corrected chi connectivity index (χ4v) is 4.51. The van der Waals surface area contributed by atoms with Gasteiger partial charge in [-0.3, -0.25) is 9.56 Å². The molecule has 1 aromatic carbocycles. The van der Waals surface area contributed by atoms with Gasteiger partial charge in [0.2, 0.25) is 5.95 Å². The van der Waals surface area contributed by atoms with Crippen LogP contribution in [0.1, 0.15) is 35.6 Å². The van der Waals surface area contributed by atoms with Gasteiger partial charge in [0, 0.05) is 47.8 Å². The summed E-state index contributed by atoms with van der Waals surface area (Å²) < 4.78 is 15.4. The lowest BCUT2D eigenvalue weighted by Crippen LogP contribution is -2.29. The second-order valence-corrected chi connectivity index (χ2v) is 8.35. The third-order valence-corrected chi connectivity index (χ3v) is 6.30. The molecule has 5 nitrogen and oxygen atoms in total. The van der Waals surface area contributed by atoms with E-state index in [1.165, 1.54) is 24.5 Å². The monoisotopic (exact) mass is 411 g/mol. The molecule has 2 aliphatic heterocycles. The summed E-state index contributed by atoms with van der Waals surface area (Å²) in [5, 5.41) is 0. The normalized spacial score (nSPS) is 18.1. The van der Waals surface area contributed by atoms with E-state index in [-0.39, 0.29) is 0 Å². The Morgan fingerprint density at radius 3 is 2.74 bits per heavy atom. The Hall–Kier alpha value is -3.54. The van der Waals surface area contributed by atoms with Crippen molar-refractivity contribution in [2.24, 2.45) is 4.99 Å². The number of aliphatic imine (C=N–C) groups is 1. The fraction of sp³-hybridized carbons (Fsp3) is 0.240. The number of hydrogen-bond donors (Lipinski definition) is 0. The van der Waals surface area contributed by atoms with E-state index >= 15 is 0 Å². The van der Waals surface area contributed by atoms with Crippen LogP contribution in [-0.2, 0) is 6.42 Å². The SMILES string of the molecule is C=C1CN=C(n2cnc(C3CC3)c2)C=C2c3cccc(-c4ccc(F)nc4)c3CCN12. The van der Waals surface area contributed by atoms with Gasteiger partial charge < -0.3 is 4.90 Å². The Balaban J connectivity index is 1.45. The zero-order valence-electron chi connectivity index (χ0n) is 17.1. The molecule has 6 heteroatoms. The molecule has 0 bridgehead atoms. The van der Waals surface area contributed by atoms with Crippen molar-refractivity contribution < 1.29 is 4.39 Å². The Labute approximate surface area is 180 Å². The number of fused-ring (bicyclic) bond motifs is 3. The Kier molecular flexibility index (Phi) is 4.13. The summed E-state index contributed by atoms with van der Waals surface area (Å²) in [4.78, 5) is 15.5. The number of allylic oxidation sites excluding steroid dienone is 1. The Bertz CT molecular complexity index is 1250. The molecular weight excluding hydrogens is 389 g/mol. The summed E-state index contributed by atoms with van der Waals surface area (Å²) in [5.41, 5.74) is 7.67. The molecule has 0 saturated heterocycles. The molecule has 0 unspecified atom stereocenters. The molecule has 0 atom stereocenters. The van der Waals surface area contributed by atoms with Crippen LogP contribution in [0.15, 0.2) is 72.4 Å². The molecule has 0 radical (unpaired) electrons. The molecule has 4 heterocycles. The molecule has 0 N–H and O–H groups in total. The van der Waals surface area contributed by atoms with Gasteiger partial charge in [-0.25, -0.2) is 9.97 Å². The number of imidazole rings is 1. The highest BCUT2D eigenvalue weighted by Gasteiger charge is 2.29. The van der Waals surface area contributed by atoms with Gasteiger partial charge in [0.15, 0.2) is 0 Å². The number of nitrogens with zero attached hydrogens (tertiary/aromatic N) is 5. The maximum absolute atomic E-state index is 13.4. The van der Waals surface area contributed by atoms with Gasteiger partial charge in [-0.15, -0.1) is 0 Å². The molecule has 0 amide bonds. The minimum Gasteiger partial charge on any atom is -0.343 e. The standard InChI is InChI=1S/C25H22FN5/c1-16-12-28-25(30-14-22(29-15-30)17-5-6-17)11-23-21-4-2-3-19(20(21)9-10-31(16)23)18-7-8-24(26)27-13-18/h2-4,7-8,11,13-15,17H,1,5-6,9-10,12H2. The summed E-state index contributed by atoms with van der Waals surface area (Å²) in [6.07, 6.45) is 11.1. The smallest absolute Gasteiger partial charge is 0.212 e. The lowest BCUT2D eigenvalue weighted by molar-refractivity contribution is 0.473. The molecule has 2 aromatic heterocycles. The van der Waals surface area contributed by atoms with Gasteiger partial charge in [-0.1, -0.05) is 24.8 Å². The van der Waals surface area contributed by atoms with Crippen molar-refractivity contribution in [3.8, 4) is 11.1 Å². The molecule has 3 aliphatic rings. The Morgan fingerprint density at radius 2 is 1.94 bits per heavy atom. The van der Waals surface area contributed by atoms with Gasteiger partial charge in [-0.05, 0) is 42.5 Å². The van der Waals surface area contributed by atoms with Gasteiger partial charge >= 0.3 is 0 Å². The van der Waals surface area contributed by atoms with Crippen LogP contribution >= 0.6 is 0 Å². The van der Waals surface area contributed by atoms with Crippen molar-refractivity contribution in [2.75, 3.05) is 13.1 Å². The number of pyridine rings is 1. The van der Waals surface area contributed by atoms with E-state index in [0.717, 1.165) is 52.6 Å². The van der Waals surface area contributed by atoms with Crippen molar-refractivity contribution in [2.45, 2.75) is 25.2 Å². The van der Waals surface area contributed by atoms with E-state index in [2.05, 4.69) is 51.9 Å². The quantitative estimate of drug-likeness (QED) is 0.578. The highest BCUT2D eigenvalue weighted by atomic mass is 19.1. The molecular formula is C25H22FN5. The van der Waals surface area contributed by atoms with Crippen molar-refractivity contribution in [1.82, 2.24) is 19.4 Å². The molecule has 3 aromatic rings. The second-order valence-electron chi connectivity index (χ2n) is 8.35. The van der Waals surface area contributed by atoms with Crippen LogP contribution in [0.25, 0.3) is 16.8 Å². The van der Waals surface area contributed by atoms with Gasteiger partial charge in [0.25, 0.3) is 0 Å². The topological polar surface area (TPSA) is 46.3 Å². The van der Waals surface area contributed by atoms with Gasteiger partial charge in [0.05, 0.1) is 17.9 Å². The minimum absolute atomic E-state index is 0.464. The van der Waals surface area contributed by atoms with Crippen LogP contribution in [0.2, 0.25) is 0 Å². The third-order valence-electron chi connectivity index (χ3n) is 6.30. The van der Waals surface area contributed by atoms with E-state index in [0.29, 0.717) is 12.5 Å². The summed E-state index contributed by atoms with van der Waals surface area (Å²) in [5.74, 6) is 1.02. The predicted octanol–water partition coefficient (Wildman–Crippen LogP) is 4.63. The van der Waals surface area contributed by atoms with Gasteiger partial charge in [-0.2, -0.15) is 4.39 Å². The van der Waals surface area contributed by atoms with Crippen LogP contribution in [0.4, 0.5) is 4.39 Å². The maximum Gasteiger partial charge on any atom is 0.212 e. The van der Waals surface area contributed by atoms with Crippen molar-refractivity contribution in [3.05, 3.63) is 90.2 Å². The first-order valence-corrected chi connectivity index (χ1v) is 10.7. The average molecular weight is 411 g/mol. The van der Waals surface area contributed by atoms with E-state index in [1.807, 2.05) is 10.9 Å². The maximum atomic E-state index is 13.4. The molecule has 1 aliphatic carbocycles. The second kappa shape index (κ2) is 7.01. The first kappa shape index (κ1) is 18.2. The number of rotatable bonds is 2. The first-order valence-electron chi connectivity index (χ1n) is 10.7. The van der Waals surface area contributed by atoms with E-state index in [9.17, 15) is 4.39 Å². The Morgan fingerprint density at radius 1 is 1.06 bits per heavy atom. The van der Waals surface area contributed by atoms with E-state index in [1.54, 1.807) is 12.3 Å². The van der Waals surface area contributed by atoms with Crippen molar-refractivity contribution >= 4 is 11.5 Å². The summed E-state index contributed by atoms with van der Waals surface area (Å²) in [7, 11) is 0. The van der Waals surface area contributed by atoms with Crippen LogP contribution in [-0.4, -0.2) is 38.4 Å². The van der Waals surface area contributed by atoms with Crippen LogP contribution in [0.5, 0.6) is 0 Å². The minimum atomic E-state index is -0.464. The zero-order chi connectivity index (χ0) is 20.9. The first-order chi connectivity index (χ1) is 15.2. The molecule has 6 rings (SSSR count). The number of benzene rings is 1. The fourth-order valence-electron chi connectivity index (χ4n) is 4.51.